The molecule has 38 heavy (non-hydrogen) atoms. The molecule has 0 unspecified atom stereocenters. The van der Waals surface area contributed by atoms with Crippen LogP contribution in [0.1, 0.15) is 31.9 Å². The quantitative estimate of drug-likeness (QED) is 0.306. The number of carbonyl (C=O) groups is 1. The zero-order valence-corrected chi connectivity index (χ0v) is 21.4. The number of hydrogen-bond acceptors (Lipinski definition) is 6. The maximum atomic E-state index is 15.4. The van der Waals surface area contributed by atoms with Crippen molar-refractivity contribution in [2.45, 2.75) is 34.1 Å². The molecule has 0 aliphatic carbocycles. The lowest BCUT2D eigenvalue weighted by Gasteiger charge is -2.21. The van der Waals surface area contributed by atoms with E-state index in [-0.39, 0.29) is 30.9 Å². The van der Waals surface area contributed by atoms with Gasteiger partial charge in [0.15, 0.2) is 6.73 Å². The zero-order chi connectivity index (χ0) is 26.9. The molecule has 0 N–H and O–H groups in total. The molecule has 1 aliphatic heterocycles. The Balaban J connectivity index is 1.60. The van der Waals surface area contributed by atoms with Crippen LogP contribution >= 0.6 is 0 Å². The first kappa shape index (κ1) is 25.2. The van der Waals surface area contributed by atoms with Crippen LogP contribution in [0.25, 0.3) is 28.1 Å². The van der Waals surface area contributed by atoms with E-state index in [1.165, 1.54) is 17.0 Å². The molecule has 0 saturated carbocycles. The number of hydrogen-bond donors (Lipinski definition) is 0. The summed E-state index contributed by atoms with van der Waals surface area (Å²) in [6.45, 7) is 5.41. The maximum Gasteiger partial charge on any atom is 0.312 e. The van der Waals surface area contributed by atoms with Crippen LogP contribution in [0.4, 0.5) is 4.39 Å². The van der Waals surface area contributed by atoms with Gasteiger partial charge in [0.05, 0.1) is 16.5 Å². The van der Waals surface area contributed by atoms with E-state index in [9.17, 15) is 9.59 Å². The second-order valence-electron chi connectivity index (χ2n) is 9.99. The van der Waals surface area contributed by atoms with Crippen LogP contribution in [0.5, 0.6) is 11.5 Å². The topological polar surface area (TPSA) is 79.7 Å². The Labute approximate surface area is 219 Å². The van der Waals surface area contributed by atoms with E-state index >= 15 is 4.39 Å². The number of carbonyl (C=O) groups excluding carboxylic acids is 1. The zero-order valence-electron chi connectivity index (χ0n) is 21.4. The SMILES string of the molecule is CC(C)(C)C(=O)OCn1cnc2cc(-c3c(F)cccc3OCc3ccccc3)c3c(c2c1=O)OCC=C3. The van der Waals surface area contributed by atoms with Crippen molar-refractivity contribution in [3.63, 3.8) is 0 Å². The molecule has 194 valence electrons. The molecule has 0 atom stereocenters. The van der Waals surface area contributed by atoms with Crippen molar-refractivity contribution >= 4 is 22.9 Å². The van der Waals surface area contributed by atoms with Gasteiger partial charge in [-0.15, -0.1) is 0 Å². The van der Waals surface area contributed by atoms with Gasteiger partial charge in [-0.25, -0.2) is 9.37 Å². The molecule has 5 rings (SSSR count). The molecule has 0 spiro atoms. The predicted octanol–water partition coefficient (Wildman–Crippen LogP) is 5.73. The third-order valence-electron chi connectivity index (χ3n) is 6.15. The summed E-state index contributed by atoms with van der Waals surface area (Å²) in [6, 6.07) is 15.9. The normalized spacial score (nSPS) is 12.6. The molecule has 0 radical (unpaired) electrons. The lowest BCUT2D eigenvalue weighted by atomic mass is 9.94. The van der Waals surface area contributed by atoms with Gasteiger partial charge in [0.2, 0.25) is 0 Å². The standard InChI is InChI=1S/C30H27FN2O5/c1-30(2,3)29(35)38-18-33-17-32-23-15-21(20-11-8-14-36-27(20)26(23)28(33)34)25-22(31)12-7-13-24(25)37-16-19-9-5-4-6-10-19/h4-13,15,17H,14,16,18H2,1-3H3. The second-order valence-corrected chi connectivity index (χ2v) is 9.99. The van der Waals surface area contributed by atoms with E-state index in [1.54, 1.807) is 51.1 Å². The van der Waals surface area contributed by atoms with Gasteiger partial charge >= 0.3 is 5.97 Å². The molecule has 7 nitrogen and oxygen atoms in total. The lowest BCUT2D eigenvalue weighted by Crippen LogP contribution is -2.28. The summed E-state index contributed by atoms with van der Waals surface area (Å²) in [6.07, 6.45) is 4.91. The monoisotopic (exact) mass is 514 g/mol. The van der Waals surface area contributed by atoms with E-state index in [1.807, 2.05) is 30.3 Å². The van der Waals surface area contributed by atoms with Crippen LogP contribution in [0, 0.1) is 11.2 Å². The van der Waals surface area contributed by atoms with Crippen molar-refractivity contribution in [1.82, 2.24) is 9.55 Å². The Morgan fingerprint density at radius 3 is 2.68 bits per heavy atom. The number of ether oxygens (including phenoxy) is 3. The van der Waals surface area contributed by atoms with Crippen LogP contribution in [0.2, 0.25) is 0 Å². The molecule has 3 aromatic carbocycles. The third kappa shape index (κ3) is 4.89. The minimum Gasteiger partial charge on any atom is -0.488 e. The first-order valence-electron chi connectivity index (χ1n) is 12.2. The smallest absolute Gasteiger partial charge is 0.312 e. The van der Waals surface area contributed by atoms with E-state index in [0.717, 1.165) is 5.56 Å². The highest BCUT2D eigenvalue weighted by Crippen LogP contribution is 2.43. The van der Waals surface area contributed by atoms with Crippen LogP contribution in [-0.4, -0.2) is 22.1 Å². The highest BCUT2D eigenvalue weighted by atomic mass is 19.1. The maximum absolute atomic E-state index is 15.4. The molecule has 1 aromatic heterocycles. The fourth-order valence-corrected chi connectivity index (χ4v) is 4.17. The van der Waals surface area contributed by atoms with Crippen molar-refractivity contribution in [2.75, 3.05) is 6.61 Å². The molecular weight excluding hydrogens is 487 g/mol. The summed E-state index contributed by atoms with van der Waals surface area (Å²) in [4.78, 5) is 30.1. The van der Waals surface area contributed by atoms with Crippen LogP contribution in [0.3, 0.4) is 0 Å². The Kier molecular flexibility index (Phi) is 6.72. The summed E-state index contributed by atoms with van der Waals surface area (Å²) in [5.41, 5.74) is 1.42. The Hall–Kier alpha value is -4.46. The summed E-state index contributed by atoms with van der Waals surface area (Å²) in [5.74, 6) is -0.259. The third-order valence-corrected chi connectivity index (χ3v) is 6.15. The number of aromatic nitrogens is 2. The minimum absolute atomic E-state index is 0.227. The summed E-state index contributed by atoms with van der Waals surface area (Å²) in [5, 5.41) is 0.227. The Bertz CT molecular complexity index is 1600. The molecule has 0 saturated heterocycles. The lowest BCUT2D eigenvalue weighted by molar-refractivity contribution is -0.157. The minimum atomic E-state index is -0.712. The van der Waals surface area contributed by atoms with Gasteiger partial charge in [-0.05, 0) is 50.6 Å². The predicted molar refractivity (Wildman–Crippen MR) is 142 cm³/mol. The fraction of sp³-hybridized carbons (Fsp3) is 0.233. The second kappa shape index (κ2) is 10.1. The largest absolute Gasteiger partial charge is 0.488 e. The number of esters is 1. The van der Waals surface area contributed by atoms with Gasteiger partial charge in [0.25, 0.3) is 5.56 Å². The molecule has 0 bridgehead atoms. The van der Waals surface area contributed by atoms with E-state index in [2.05, 4.69) is 4.98 Å². The Morgan fingerprint density at radius 1 is 1.13 bits per heavy atom. The number of nitrogens with zero attached hydrogens (tertiary/aromatic N) is 2. The molecule has 8 heteroatoms. The first-order chi connectivity index (χ1) is 18.2. The summed E-state index contributed by atoms with van der Waals surface area (Å²) < 4.78 is 33.9. The van der Waals surface area contributed by atoms with Gasteiger partial charge in [0, 0.05) is 11.1 Å². The highest BCUT2D eigenvalue weighted by molar-refractivity contribution is 5.97. The summed E-state index contributed by atoms with van der Waals surface area (Å²) >= 11 is 0. The molecule has 4 aromatic rings. The number of halogens is 1. The van der Waals surface area contributed by atoms with Crippen molar-refractivity contribution < 1.29 is 23.4 Å². The highest BCUT2D eigenvalue weighted by Gasteiger charge is 2.26. The summed E-state index contributed by atoms with van der Waals surface area (Å²) in [7, 11) is 0. The van der Waals surface area contributed by atoms with E-state index in [4.69, 9.17) is 14.2 Å². The number of rotatable bonds is 6. The number of fused-ring (bicyclic) bond motifs is 3. The van der Waals surface area contributed by atoms with E-state index < -0.39 is 22.8 Å². The fourth-order valence-electron chi connectivity index (χ4n) is 4.17. The molecule has 0 fully saturated rings. The average molecular weight is 515 g/mol. The van der Waals surface area contributed by atoms with Gasteiger partial charge < -0.3 is 14.2 Å². The average Bonchev–Trinajstić information content (AvgIpc) is 2.91. The van der Waals surface area contributed by atoms with Crippen molar-refractivity contribution in [3.8, 4) is 22.6 Å². The Morgan fingerprint density at radius 2 is 1.92 bits per heavy atom. The van der Waals surface area contributed by atoms with E-state index in [0.29, 0.717) is 28.1 Å². The molecular formula is C30H27FN2O5. The molecule has 1 aliphatic rings. The van der Waals surface area contributed by atoms with Crippen LogP contribution < -0.4 is 15.0 Å². The van der Waals surface area contributed by atoms with Gasteiger partial charge in [-0.3, -0.25) is 14.2 Å². The molecule has 2 heterocycles. The van der Waals surface area contributed by atoms with Crippen LogP contribution in [-0.2, 0) is 22.9 Å². The van der Waals surface area contributed by atoms with Crippen molar-refractivity contribution in [3.05, 3.63) is 94.3 Å². The first-order valence-corrected chi connectivity index (χ1v) is 12.2. The van der Waals surface area contributed by atoms with Crippen LogP contribution in [0.15, 0.2) is 71.8 Å². The number of benzene rings is 3. The van der Waals surface area contributed by atoms with Gasteiger partial charge in [-0.1, -0.05) is 42.5 Å². The van der Waals surface area contributed by atoms with Crippen molar-refractivity contribution in [2.24, 2.45) is 5.41 Å². The molecule has 0 amide bonds. The van der Waals surface area contributed by atoms with Gasteiger partial charge in [0.1, 0.15) is 42.2 Å². The van der Waals surface area contributed by atoms with Crippen molar-refractivity contribution in [1.29, 1.82) is 0 Å². The van der Waals surface area contributed by atoms with Gasteiger partial charge in [-0.2, -0.15) is 0 Å².